The molecule has 1 saturated heterocycles. The molecule has 1 aliphatic heterocycles. The predicted octanol–water partition coefficient (Wildman–Crippen LogP) is 2.82. The molecule has 1 aromatic rings. The minimum Gasteiger partial charge on any atom is -0.464 e. The highest BCUT2D eigenvalue weighted by Crippen LogP contribution is 2.26. The maximum absolute atomic E-state index is 11.9. The molecule has 0 unspecified atom stereocenters. The number of ether oxygens (including phenoxy) is 1. The van der Waals surface area contributed by atoms with Gasteiger partial charge in [-0.1, -0.05) is 13.3 Å². The van der Waals surface area contributed by atoms with Crippen molar-refractivity contribution in [1.29, 1.82) is 0 Å². The molecule has 2 heterocycles. The molecule has 0 amide bonds. The summed E-state index contributed by atoms with van der Waals surface area (Å²) in [6.07, 6.45) is 6.48. The standard InChI is InChI=1S/C18H29N3O2/c1-4-5-11-20(2)14-15-8-12-21(13-9-15)16-7-6-10-19-17(16)18(22)23-3/h6-7,10,15H,4-5,8-9,11-14H2,1-3H3. The van der Waals surface area contributed by atoms with Gasteiger partial charge >= 0.3 is 5.97 Å². The van der Waals surface area contributed by atoms with E-state index >= 15 is 0 Å². The lowest BCUT2D eigenvalue weighted by Crippen LogP contribution is -2.38. The molecule has 128 valence electrons. The zero-order valence-corrected chi connectivity index (χ0v) is 14.6. The number of rotatable bonds is 7. The van der Waals surface area contributed by atoms with Gasteiger partial charge in [-0.05, 0) is 50.9 Å². The van der Waals surface area contributed by atoms with E-state index in [1.165, 1.54) is 33.0 Å². The van der Waals surface area contributed by atoms with Crippen molar-refractivity contribution >= 4 is 11.7 Å². The third-order valence-electron chi connectivity index (χ3n) is 4.58. The Bertz CT molecular complexity index is 499. The van der Waals surface area contributed by atoms with Crippen LogP contribution in [-0.4, -0.2) is 56.2 Å². The number of aromatic nitrogens is 1. The van der Waals surface area contributed by atoms with Crippen LogP contribution in [0.25, 0.3) is 0 Å². The van der Waals surface area contributed by atoms with Gasteiger partial charge in [0, 0.05) is 25.8 Å². The Hall–Kier alpha value is -1.62. The van der Waals surface area contributed by atoms with Gasteiger partial charge in [-0.15, -0.1) is 0 Å². The lowest BCUT2D eigenvalue weighted by atomic mass is 9.95. The molecule has 5 heteroatoms. The molecule has 1 aliphatic rings. The van der Waals surface area contributed by atoms with E-state index in [0.29, 0.717) is 5.69 Å². The largest absolute Gasteiger partial charge is 0.464 e. The van der Waals surface area contributed by atoms with Gasteiger partial charge in [0.25, 0.3) is 0 Å². The van der Waals surface area contributed by atoms with Crippen molar-refractivity contribution in [2.45, 2.75) is 32.6 Å². The SMILES string of the molecule is CCCCN(C)CC1CCN(c2cccnc2C(=O)OC)CC1. The first-order chi connectivity index (χ1) is 11.2. The van der Waals surface area contributed by atoms with Gasteiger partial charge in [0.15, 0.2) is 5.69 Å². The molecule has 5 nitrogen and oxygen atoms in total. The van der Waals surface area contributed by atoms with Gasteiger partial charge in [0.1, 0.15) is 0 Å². The maximum atomic E-state index is 11.9. The van der Waals surface area contributed by atoms with E-state index in [0.717, 1.165) is 37.5 Å². The second-order valence-corrected chi connectivity index (χ2v) is 6.41. The number of hydrogen-bond donors (Lipinski definition) is 0. The summed E-state index contributed by atoms with van der Waals surface area (Å²) in [5.41, 5.74) is 1.32. The quantitative estimate of drug-likeness (QED) is 0.723. The van der Waals surface area contributed by atoms with E-state index in [4.69, 9.17) is 4.74 Å². The zero-order valence-electron chi connectivity index (χ0n) is 14.6. The minimum atomic E-state index is -0.359. The lowest BCUT2D eigenvalue weighted by molar-refractivity contribution is 0.0594. The first kappa shape index (κ1) is 17.7. The Kier molecular flexibility index (Phi) is 6.84. The number of hydrogen-bond acceptors (Lipinski definition) is 5. The summed E-state index contributed by atoms with van der Waals surface area (Å²) in [5, 5.41) is 0. The molecule has 0 atom stereocenters. The molecule has 0 N–H and O–H groups in total. The second-order valence-electron chi connectivity index (χ2n) is 6.41. The summed E-state index contributed by atoms with van der Waals surface area (Å²) in [5.74, 6) is 0.383. The smallest absolute Gasteiger partial charge is 0.358 e. The highest BCUT2D eigenvalue weighted by Gasteiger charge is 2.24. The summed E-state index contributed by atoms with van der Waals surface area (Å²) < 4.78 is 4.84. The molecular formula is C18H29N3O2. The van der Waals surface area contributed by atoms with Crippen molar-refractivity contribution in [2.75, 3.05) is 45.2 Å². The molecular weight excluding hydrogens is 290 g/mol. The molecule has 0 aromatic carbocycles. The van der Waals surface area contributed by atoms with Gasteiger partial charge in [0.05, 0.1) is 12.8 Å². The van der Waals surface area contributed by atoms with Gasteiger partial charge in [-0.2, -0.15) is 0 Å². The summed E-state index contributed by atoms with van der Waals surface area (Å²) in [6, 6.07) is 3.85. The van der Waals surface area contributed by atoms with Gasteiger partial charge < -0.3 is 14.5 Å². The molecule has 0 saturated carbocycles. The summed E-state index contributed by atoms with van der Waals surface area (Å²) >= 11 is 0. The Morgan fingerprint density at radius 3 is 2.83 bits per heavy atom. The summed E-state index contributed by atoms with van der Waals surface area (Å²) in [7, 11) is 3.62. The van der Waals surface area contributed by atoms with E-state index in [1.54, 1.807) is 6.20 Å². The molecule has 23 heavy (non-hydrogen) atoms. The van der Waals surface area contributed by atoms with Gasteiger partial charge in [0.2, 0.25) is 0 Å². The molecule has 1 aromatic heterocycles. The first-order valence-electron chi connectivity index (χ1n) is 8.62. The van der Waals surface area contributed by atoms with Gasteiger partial charge in [-0.25, -0.2) is 9.78 Å². The van der Waals surface area contributed by atoms with Crippen LogP contribution in [0.4, 0.5) is 5.69 Å². The van der Waals surface area contributed by atoms with Crippen LogP contribution >= 0.6 is 0 Å². The van der Waals surface area contributed by atoms with Crippen LogP contribution in [-0.2, 0) is 4.74 Å². The molecule has 0 radical (unpaired) electrons. The number of piperidine rings is 1. The highest BCUT2D eigenvalue weighted by molar-refractivity contribution is 5.93. The topological polar surface area (TPSA) is 45.7 Å². The monoisotopic (exact) mass is 319 g/mol. The van der Waals surface area contributed by atoms with E-state index in [2.05, 4.69) is 28.8 Å². The van der Waals surface area contributed by atoms with Crippen molar-refractivity contribution in [3.8, 4) is 0 Å². The Morgan fingerprint density at radius 1 is 1.43 bits per heavy atom. The number of carbonyl (C=O) groups is 1. The Balaban J connectivity index is 1.91. The molecule has 0 aliphatic carbocycles. The van der Waals surface area contributed by atoms with Crippen LogP contribution in [0, 0.1) is 5.92 Å². The van der Waals surface area contributed by atoms with Crippen LogP contribution in [0.3, 0.4) is 0 Å². The van der Waals surface area contributed by atoms with E-state index in [1.807, 2.05) is 12.1 Å². The van der Waals surface area contributed by atoms with Crippen LogP contribution in [0.1, 0.15) is 43.1 Å². The van der Waals surface area contributed by atoms with E-state index in [-0.39, 0.29) is 5.97 Å². The highest BCUT2D eigenvalue weighted by atomic mass is 16.5. The first-order valence-corrected chi connectivity index (χ1v) is 8.62. The molecule has 1 fully saturated rings. The number of esters is 1. The maximum Gasteiger partial charge on any atom is 0.358 e. The normalized spacial score (nSPS) is 15.9. The average molecular weight is 319 g/mol. The van der Waals surface area contributed by atoms with Crippen LogP contribution in [0.2, 0.25) is 0 Å². The second kappa shape index (κ2) is 8.87. The summed E-state index contributed by atoms with van der Waals surface area (Å²) in [4.78, 5) is 20.8. The van der Waals surface area contributed by atoms with E-state index in [9.17, 15) is 4.79 Å². The van der Waals surface area contributed by atoms with Crippen LogP contribution < -0.4 is 4.90 Å². The van der Waals surface area contributed by atoms with Crippen molar-refractivity contribution in [3.05, 3.63) is 24.0 Å². The third kappa shape index (κ3) is 4.93. The summed E-state index contributed by atoms with van der Waals surface area (Å²) in [6.45, 7) is 6.54. The fourth-order valence-electron chi connectivity index (χ4n) is 3.22. The van der Waals surface area contributed by atoms with Gasteiger partial charge in [-0.3, -0.25) is 0 Å². The number of pyridine rings is 1. The Morgan fingerprint density at radius 2 is 2.17 bits per heavy atom. The molecule has 0 bridgehead atoms. The average Bonchev–Trinajstić information content (AvgIpc) is 2.60. The third-order valence-corrected chi connectivity index (χ3v) is 4.58. The lowest BCUT2D eigenvalue weighted by Gasteiger charge is -2.35. The van der Waals surface area contributed by atoms with Crippen molar-refractivity contribution in [2.24, 2.45) is 5.92 Å². The van der Waals surface area contributed by atoms with Crippen molar-refractivity contribution in [3.63, 3.8) is 0 Å². The predicted molar refractivity (Wildman–Crippen MR) is 92.9 cm³/mol. The van der Waals surface area contributed by atoms with Crippen molar-refractivity contribution in [1.82, 2.24) is 9.88 Å². The van der Waals surface area contributed by atoms with Crippen LogP contribution in [0.15, 0.2) is 18.3 Å². The number of nitrogens with zero attached hydrogens (tertiary/aromatic N) is 3. The fourth-order valence-corrected chi connectivity index (χ4v) is 3.22. The number of methoxy groups -OCH3 is 1. The fraction of sp³-hybridized carbons (Fsp3) is 0.667. The van der Waals surface area contributed by atoms with Crippen LogP contribution in [0.5, 0.6) is 0 Å². The Labute approximate surface area is 139 Å². The van der Waals surface area contributed by atoms with Crippen molar-refractivity contribution < 1.29 is 9.53 Å². The number of carbonyl (C=O) groups excluding carboxylic acids is 1. The zero-order chi connectivity index (χ0) is 16.7. The molecule has 0 spiro atoms. The number of anilines is 1. The number of unbranched alkanes of at least 4 members (excludes halogenated alkanes) is 1. The minimum absolute atomic E-state index is 0.359. The molecule has 2 rings (SSSR count). The van der Waals surface area contributed by atoms with E-state index < -0.39 is 0 Å².